The van der Waals surface area contributed by atoms with Crippen LogP contribution in [0.25, 0.3) is 0 Å². The van der Waals surface area contributed by atoms with Gasteiger partial charge < -0.3 is 9.47 Å². The van der Waals surface area contributed by atoms with Crippen molar-refractivity contribution in [3.63, 3.8) is 0 Å². The molecule has 5 heteroatoms. The third-order valence-electron chi connectivity index (χ3n) is 5.80. The van der Waals surface area contributed by atoms with Crippen molar-refractivity contribution in [1.82, 2.24) is 0 Å². The zero-order chi connectivity index (χ0) is 21.5. The van der Waals surface area contributed by atoms with Gasteiger partial charge in [-0.15, -0.1) is 0 Å². The van der Waals surface area contributed by atoms with E-state index in [1.807, 2.05) is 13.0 Å². The monoisotopic (exact) mass is 420 g/mol. The molecule has 2 atom stereocenters. The smallest absolute Gasteiger partial charge is 0.200 e. The summed E-state index contributed by atoms with van der Waals surface area (Å²) in [6.07, 6.45) is 6.13. The van der Waals surface area contributed by atoms with Gasteiger partial charge in [-0.3, -0.25) is 0 Å². The second-order valence-corrected chi connectivity index (χ2v) is 8.16. The van der Waals surface area contributed by atoms with E-state index in [0.29, 0.717) is 30.6 Å². The molecule has 2 unspecified atom stereocenters. The molecule has 2 aromatic carbocycles. The Hall–Kier alpha value is -2.01. The molecule has 30 heavy (non-hydrogen) atoms. The van der Waals surface area contributed by atoms with Crippen LogP contribution in [0.15, 0.2) is 30.3 Å². The zero-order valence-electron chi connectivity index (χ0n) is 17.9. The Labute approximate surface area is 177 Å². The number of hydrogen-bond donors (Lipinski definition) is 0. The lowest BCUT2D eigenvalue weighted by molar-refractivity contribution is -0.000344. The third kappa shape index (κ3) is 5.57. The Morgan fingerprint density at radius 2 is 1.70 bits per heavy atom. The molecular weight excluding hydrogens is 389 g/mol. The Morgan fingerprint density at radius 1 is 0.933 bits per heavy atom. The van der Waals surface area contributed by atoms with E-state index in [1.54, 1.807) is 12.1 Å². The van der Waals surface area contributed by atoms with Crippen LogP contribution in [0.3, 0.4) is 0 Å². The van der Waals surface area contributed by atoms with Crippen molar-refractivity contribution < 1.29 is 22.6 Å². The first-order valence-electron chi connectivity index (χ1n) is 11.0. The Bertz CT molecular complexity index is 829. The average Bonchev–Trinajstić information content (AvgIpc) is 2.74. The van der Waals surface area contributed by atoms with Crippen LogP contribution in [-0.2, 0) is 4.74 Å². The van der Waals surface area contributed by atoms with Gasteiger partial charge in [0.25, 0.3) is 0 Å². The molecule has 1 aliphatic rings. The molecule has 1 heterocycles. The molecule has 2 nitrogen and oxygen atoms in total. The number of hydrogen-bond acceptors (Lipinski definition) is 2. The summed E-state index contributed by atoms with van der Waals surface area (Å²) in [5.74, 6) is -2.39. The van der Waals surface area contributed by atoms with Crippen molar-refractivity contribution in [2.75, 3.05) is 13.2 Å². The summed E-state index contributed by atoms with van der Waals surface area (Å²) in [5.41, 5.74) is 1.67. The number of aryl methyl sites for hydroxylation is 1. The second-order valence-electron chi connectivity index (χ2n) is 8.16. The second kappa shape index (κ2) is 10.9. The van der Waals surface area contributed by atoms with Gasteiger partial charge in [-0.25, -0.2) is 8.78 Å². The van der Waals surface area contributed by atoms with Crippen LogP contribution in [0.1, 0.15) is 80.6 Å². The standard InChI is InChI=1S/C25H31F3O2/c1-3-4-5-6-7-14-29-23-13-11-19(24(27)25(23)28)18-9-12-22(30-16-18)20-10-8-17(2)15-21(20)26/h8,10-11,13,15,18,22H,3-7,9,12,14,16H2,1-2H3. The van der Waals surface area contributed by atoms with Gasteiger partial charge in [-0.1, -0.05) is 50.8 Å². The molecule has 0 aromatic heterocycles. The number of halogens is 3. The first-order valence-corrected chi connectivity index (χ1v) is 11.0. The van der Waals surface area contributed by atoms with E-state index >= 15 is 0 Å². The Balaban J connectivity index is 1.57. The van der Waals surface area contributed by atoms with Gasteiger partial charge in [0.1, 0.15) is 5.82 Å². The van der Waals surface area contributed by atoms with E-state index in [4.69, 9.17) is 9.47 Å². The lowest BCUT2D eigenvalue weighted by atomic mass is 9.88. The molecule has 0 aliphatic carbocycles. The average molecular weight is 421 g/mol. The molecule has 2 aromatic rings. The lowest BCUT2D eigenvalue weighted by Gasteiger charge is -2.30. The van der Waals surface area contributed by atoms with Gasteiger partial charge in [0.05, 0.1) is 19.3 Å². The topological polar surface area (TPSA) is 18.5 Å². The highest BCUT2D eigenvalue weighted by Crippen LogP contribution is 2.38. The van der Waals surface area contributed by atoms with Crippen LogP contribution in [0, 0.1) is 24.4 Å². The predicted octanol–water partition coefficient (Wildman–Crippen LogP) is 7.40. The molecule has 0 saturated carbocycles. The minimum Gasteiger partial charge on any atom is -0.490 e. The maximum absolute atomic E-state index is 14.7. The highest BCUT2D eigenvalue weighted by molar-refractivity contribution is 5.34. The highest BCUT2D eigenvalue weighted by Gasteiger charge is 2.29. The molecule has 3 rings (SSSR count). The van der Waals surface area contributed by atoms with Crippen molar-refractivity contribution >= 4 is 0 Å². The van der Waals surface area contributed by atoms with Crippen LogP contribution in [0.4, 0.5) is 13.2 Å². The lowest BCUT2D eigenvalue weighted by Crippen LogP contribution is -2.21. The Morgan fingerprint density at radius 3 is 2.40 bits per heavy atom. The largest absolute Gasteiger partial charge is 0.490 e. The first kappa shape index (κ1) is 22.7. The Kier molecular flexibility index (Phi) is 8.20. The van der Waals surface area contributed by atoms with Gasteiger partial charge in [-0.2, -0.15) is 4.39 Å². The van der Waals surface area contributed by atoms with E-state index in [0.717, 1.165) is 31.2 Å². The molecule has 0 N–H and O–H groups in total. The summed E-state index contributed by atoms with van der Waals surface area (Å²) in [4.78, 5) is 0. The molecule has 0 spiro atoms. The van der Waals surface area contributed by atoms with Crippen LogP contribution in [0.5, 0.6) is 5.75 Å². The summed E-state index contributed by atoms with van der Waals surface area (Å²) in [6.45, 7) is 4.60. The molecular formula is C25H31F3O2. The van der Waals surface area contributed by atoms with Crippen LogP contribution in [-0.4, -0.2) is 13.2 Å². The van der Waals surface area contributed by atoms with Crippen molar-refractivity contribution in [3.8, 4) is 5.75 Å². The van der Waals surface area contributed by atoms with E-state index < -0.39 is 11.6 Å². The number of unbranched alkanes of at least 4 members (excludes halogenated alkanes) is 4. The van der Waals surface area contributed by atoms with Crippen LogP contribution < -0.4 is 4.74 Å². The minimum absolute atomic E-state index is 0.0388. The third-order valence-corrected chi connectivity index (χ3v) is 5.80. The highest BCUT2D eigenvalue weighted by atomic mass is 19.2. The normalized spacial score (nSPS) is 19.1. The summed E-state index contributed by atoms with van der Waals surface area (Å²) < 4.78 is 54.6. The van der Waals surface area contributed by atoms with Crippen LogP contribution >= 0.6 is 0 Å². The number of rotatable bonds is 9. The SMILES string of the molecule is CCCCCCCOc1ccc(C2CCC(c3ccc(C)cc3F)OC2)c(F)c1F. The number of benzene rings is 2. The van der Waals surface area contributed by atoms with Crippen LogP contribution in [0.2, 0.25) is 0 Å². The van der Waals surface area contributed by atoms with Crippen molar-refractivity contribution in [2.45, 2.75) is 70.8 Å². The molecule has 1 fully saturated rings. The van der Waals surface area contributed by atoms with Gasteiger partial charge >= 0.3 is 0 Å². The van der Waals surface area contributed by atoms with Gasteiger partial charge in [0.15, 0.2) is 11.6 Å². The van der Waals surface area contributed by atoms with E-state index in [2.05, 4.69) is 6.92 Å². The molecule has 0 radical (unpaired) electrons. The number of ether oxygens (including phenoxy) is 2. The first-order chi connectivity index (χ1) is 14.5. The van der Waals surface area contributed by atoms with E-state index in [9.17, 15) is 13.2 Å². The van der Waals surface area contributed by atoms with Crippen molar-refractivity contribution in [3.05, 3.63) is 64.5 Å². The van der Waals surface area contributed by atoms with Gasteiger partial charge in [-0.05, 0) is 49.4 Å². The van der Waals surface area contributed by atoms with E-state index in [1.165, 1.54) is 18.6 Å². The quantitative estimate of drug-likeness (QED) is 0.394. The van der Waals surface area contributed by atoms with Crippen molar-refractivity contribution in [2.24, 2.45) is 0 Å². The summed E-state index contributed by atoms with van der Waals surface area (Å²) in [7, 11) is 0. The van der Waals surface area contributed by atoms with Gasteiger partial charge in [0.2, 0.25) is 5.82 Å². The summed E-state index contributed by atoms with van der Waals surface area (Å²) in [6, 6.07) is 8.18. The molecule has 164 valence electrons. The molecule has 1 saturated heterocycles. The predicted molar refractivity (Wildman–Crippen MR) is 112 cm³/mol. The molecule has 0 bridgehead atoms. The zero-order valence-corrected chi connectivity index (χ0v) is 17.9. The molecule has 1 aliphatic heterocycles. The maximum Gasteiger partial charge on any atom is 0.200 e. The fourth-order valence-electron chi connectivity index (χ4n) is 4.00. The van der Waals surface area contributed by atoms with Crippen molar-refractivity contribution in [1.29, 1.82) is 0 Å². The fraction of sp³-hybridized carbons (Fsp3) is 0.520. The molecule has 0 amide bonds. The maximum atomic E-state index is 14.7. The summed E-state index contributed by atoms with van der Waals surface area (Å²) in [5, 5.41) is 0. The van der Waals surface area contributed by atoms with Gasteiger partial charge in [0, 0.05) is 11.5 Å². The summed E-state index contributed by atoms with van der Waals surface area (Å²) >= 11 is 0. The van der Waals surface area contributed by atoms with E-state index in [-0.39, 0.29) is 30.2 Å². The fourth-order valence-corrected chi connectivity index (χ4v) is 4.00. The minimum atomic E-state index is -0.937.